The van der Waals surface area contributed by atoms with Crippen molar-refractivity contribution >= 4 is 5.91 Å². The first-order chi connectivity index (χ1) is 9.60. The molecule has 2 rings (SSSR count). The van der Waals surface area contributed by atoms with E-state index in [4.69, 9.17) is 0 Å². The summed E-state index contributed by atoms with van der Waals surface area (Å²) in [6.07, 6.45) is 3.84. The van der Waals surface area contributed by atoms with Crippen molar-refractivity contribution in [3.05, 3.63) is 11.8 Å². The molecular formula is C15H24N4O. The minimum absolute atomic E-state index is 0.0988. The minimum atomic E-state index is -0.0988. The number of carbonyl (C=O) groups excluding carboxylic acids is 1. The van der Waals surface area contributed by atoms with E-state index in [1.54, 1.807) is 6.20 Å². The van der Waals surface area contributed by atoms with Crippen molar-refractivity contribution in [2.45, 2.75) is 19.8 Å². The van der Waals surface area contributed by atoms with Crippen LogP contribution in [0.3, 0.4) is 0 Å². The van der Waals surface area contributed by atoms with Crippen molar-refractivity contribution < 1.29 is 4.79 Å². The second kappa shape index (κ2) is 6.76. The number of hydrogen-bond acceptors (Lipinski definition) is 4. The molecular weight excluding hydrogens is 252 g/mol. The molecule has 0 atom stereocenters. The quantitative estimate of drug-likeness (QED) is 0.555. The Balaban J connectivity index is 1.97. The summed E-state index contributed by atoms with van der Waals surface area (Å²) in [4.78, 5) is 18.5. The second-order valence-electron chi connectivity index (χ2n) is 5.97. The number of likely N-dealkylation sites (N-methyl/N-ethyl adjacent to an activating group) is 1. The Kier molecular flexibility index (Phi) is 5.02. The highest BCUT2D eigenvalue weighted by Crippen LogP contribution is 2.18. The van der Waals surface area contributed by atoms with Crippen LogP contribution < -0.4 is 0 Å². The van der Waals surface area contributed by atoms with Crippen LogP contribution in [0.1, 0.15) is 19.8 Å². The van der Waals surface area contributed by atoms with E-state index in [0.717, 1.165) is 52.1 Å². The molecule has 2 fully saturated rings. The van der Waals surface area contributed by atoms with Gasteiger partial charge in [-0.1, -0.05) is 6.92 Å². The topological polar surface area (TPSA) is 50.6 Å². The number of rotatable bonds is 2. The Labute approximate surface area is 121 Å². The summed E-state index contributed by atoms with van der Waals surface area (Å²) in [6.45, 7) is 7.49. The van der Waals surface area contributed by atoms with Gasteiger partial charge in [0, 0.05) is 45.5 Å². The third-order valence-corrected chi connectivity index (χ3v) is 4.27. The van der Waals surface area contributed by atoms with E-state index in [1.807, 2.05) is 4.90 Å². The fourth-order valence-corrected chi connectivity index (χ4v) is 2.65. The van der Waals surface area contributed by atoms with Crippen molar-refractivity contribution in [2.75, 3.05) is 46.3 Å². The predicted molar refractivity (Wildman–Crippen MR) is 77.7 cm³/mol. The van der Waals surface area contributed by atoms with Gasteiger partial charge in [-0.05, 0) is 25.8 Å². The predicted octanol–water partition coefficient (Wildman–Crippen LogP) is 0.900. The summed E-state index contributed by atoms with van der Waals surface area (Å²) >= 11 is 0. The molecule has 0 aromatic heterocycles. The molecule has 5 heteroatoms. The number of piperidine rings is 1. The molecule has 110 valence electrons. The Morgan fingerprint density at radius 2 is 1.75 bits per heavy atom. The summed E-state index contributed by atoms with van der Waals surface area (Å²) < 4.78 is 0. The lowest BCUT2D eigenvalue weighted by Gasteiger charge is -2.33. The Morgan fingerprint density at radius 3 is 2.30 bits per heavy atom. The van der Waals surface area contributed by atoms with Crippen LogP contribution in [-0.2, 0) is 4.79 Å². The average molecular weight is 276 g/mol. The van der Waals surface area contributed by atoms with E-state index in [0.29, 0.717) is 5.92 Å². The number of carbonyl (C=O) groups is 1. The molecule has 0 aromatic rings. The van der Waals surface area contributed by atoms with Gasteiger partial charge in [0.2, 0.25) is 0 Å². The molecule has 5 nitrogen and oxygen atoms in total. The smallest absolute Gasteiger partial charge is 0.266 e. The number of piperazine rings is 1. The maximum absolute atomic E-state index is 12.4. The summed E-state index contributed by atoms with van der Waals surface area (Å²) in [5.41, 5.74) is 0.282. The van der Waals surface area contributed by atoms with Crippen molar-refractivity contribution in [3.8, 4) is 6.07 Å². The van der Waals surface area contributed by atoms with Gasteiger partial charge < -0.3 is 14.7 Å². The van der Waals surface area contributed by atoms with Crippen LogP contribution in [0.2, 0.25) is 0 Å². The zero-order chi connectivity index (χ0) is 14.5. The zero-order valence-corrected chi connectivity index (χ0v) is 12.5. The largest absolute Gasteiger partial charge is 0.374 e. The first kappa shape index (κ1) is 14.9. The highest BCUT2D eigenvalue weighted by atomic mass is 16.2. The molecule has 2 aliphatic heterocycles. The Hall–Kier alpha value is -1.54. The molecule has 2 heterocycles. The first-order valence-corrected chi connectivity index (χ1v) is 7.44. The summed E-state index contributed by atoms with van der Waals surface area (Å²) in [5.74, 6) is 0.588. The van der Waals surface area contributed by atoms with E-state index in [9.17, 15) is 10.1 Å². The normalized spacial score (nSPS) is 22.8. The average Bonchev–Trinajstić information content (AvgIpc) is 2.47. The van der Waals surface area contributed by atoms with Gasteiger partial charge in [0.25, 0.3) is 5.91 Å². The molecule has 0 unspecified atom stereocenters. The lowest BCUT2D eigenvalue weighted by molar-refractivity contribution is -0.128. The summed E-state index contributed by atoms with van der Waals surface area (Å²) in [7, 11) is 2.09. The van der Waals surface area contributed by atoms with E-state index in [1.165, 1.54) is 0 Å². The van der Waals surface area contributed by atoms with Crippen LogP contribution in [0.4, 0.5) is 0 Å². The molecule has 0 bridgehead atoms. The van der Waals surface area contributed by atoms with Gasteiger partial charge in [0.15, 0.2) is 0 Å². The Morgan fingerprint density at radius 1 is 1.15 bits per heavy atom. The van der Waals surface area contributed by atoms with Crippen molar-refractivity contribution in [3.63, 3.8) is 0 Å². The van der Waals surface area contributed by atoms with E-state index in [-0.39, 0.29) is 11.5 Å². The van der Waals surface area contributed by atoms with Crippen molar-refractivity contribution in [2.24, 2.45) is 5.92 Å². The zero-order valence-electron chi connectivity index (χ0n) is 12.5. The molecule has 0 spiro atoms. The molecule has 0 N–H and O–H groups in total. The molecule has 2 saturated heterocycles. The van der Waals surface area contributed by atoms with E-state index in [2.05, 4.69) is 29.8 Å². The third-order valence-electron chi connectivity index (χ3n) is 4.27. The van der Waals surface area contributed by atoms with Crippen LogP contribution in [0, 0.1) is 17.2 Å². The minimum Gasteiger partial charge on any atom is -0.374 e. The van der Waals surface area contributed by atoms with Gasteiger partial charge in [-0.2, -0.15) is 5.26 Å². The molecule has 0 radical (unpaired) electrons. The molecule has 2 aliphatic rings. The lowest BCUT2D eigenvalue weighted by Crippen LogP contribution is -2.43. The molecule has 0 aromatic carbocycles. The fourth-order valence-electron chi connectivity index (χ4n) is 2.65. The van der Waals surface area contributed by atoms with Crippen molar-refractivity contribution in [1.29, 1.82) is 5.26 Å². The highest BCUT2D eigenvalue weighted by molar-refractivity contribution is 5.97. The van der Waals surface area contributed by atoms with Gasteiger partial charge in [-0.15, -0.1) is 0 Å². The maximum atomic E-state index is 12.4. The standard InChI is InChI=1S/C15H24N4O/c1-13-3-5-19(6-4-13)15(20)14(11-16)12-18-9-7-17(2)8-10-18/h12-13H,3-10H2,1-2H3/b14-12-. The molecule has 0 aliphatic carbocycles. The number of hydrogen-bond donors (Lipinski definition) is 0. The molecule has 1 amide bonds. The van der Waals surface area contributed by atoms with Crippen LogP contribution in [0.5, 0.6) is 0 Å². The molecule has 20 heavy (non-hydrogen) atoms. The second-order valence-corrected chi connectivity index (χ2v) is 5.97. The maximum Gasteiger partial charge on any atom is 0.266 e. The first-order valence-electron chi connectivity index (χ1n) is 7.44. The SMILES string of the molecule is CC1CCN(C(=O)/C(C#N)=C\N2CCN(C)CC2)CC1. The summed E-state index contributed by atoms with van der Waals surface area (Å²) in [5, 5.41) is 9.26. The monoisotopic (exact) mass is 276 g/mol. The third kappa shape index (κ3) is 3.73. The van der Waals surface area contributed by atoms with Gasteiger partial charge in [0.1, 0.15) is 11.6 Å². The highest BCUT2D eigenvalue weighted by Gasteiger charge is 2.24. The van der Waals surface area contributed by atoms with Gasteiger partial charge in [-0.25, -0.2) is 0 Å². The lowest BCUT2D eigenvalue weighted by atomic mass is 9.99. The van der Waals surface area contributed by atoms with Gasteiger partial charge in [-0.3, -0.25) is 4.79 Å². The Bertz CT molecular complexity index is 410. The van der Waals surface area contributed by atoms with E-state index >= 15 is 0 Å². The van der Waals surface area contributed by atoms with E-state index < -0.39 is 0 Å². The van der Waals surface area contributed by atoms with Gasteiger partial charge in [0.05, 0.1) is 0 Å². The fraction of sp³-hybridized carbons (Fsp3) is 0.733. The van der Waals surface area contributed by atoms with Crippen LogP contribution in [-0.4, -0.2) is 66.9 Å². The number of likely N-dealkylation sites (tertiary alicyclic amines) is 1. The van der Waals surface area contributed by atoms with Crippen LogP contribution >= 0.6 is 0 Å². The number of nitrogens with zero attached hydrogens (tertiary/aromatic N) is 4. The van der Waals surface area contributed by atoms with Crippen LogP contribution in [0.25, 0.3) is 0 Å². The number of amides is 1. The van der Waals surface area contributed by atoms with Gasteiger partial charge >= 0.3 is 0 Å². The summed E-state index contributed by atoms with van der Waals surface area (Å²) in [6, 6.07) is 2.08. The molecule has 0 saturated carbocycles. The van der Waals surface area contributed by atoms with Crippen molar-refractivity contribution in [1.82, 2.24) is 14.7 Å². The van der Waals surface area contributed by atoms with Crippen LogP contribution in [0.15, 0.2) is 11.8 Å². The number of nitriles is 1.